The molecular formula is C25H24N2O3. The lowest BCUT2D eigenvalue weighted by Crippen LogP contribution is -2.51. The summed E-state index contributed by atoms with van der Waals surface area (Å²) in [7, 11) is 3.38. The highest BCUT2D eigenvalue weighted by atomic mass is 16.5. The van der Waals surface area contributed by atoms with Crippen LogP contribution < -0.4 is 9.64 Å². The Labute approximate surface area is 176 Å². The molecule has 2 amide bonds. The third kappa shape index (κ3) is 3.79. The number of ether oxygens (including phenoxy) is 1. The molecule has 1 aliphatic heterocycles. The van der Waals surface area contributed by atoms with Crippen LogP contribution >= 0.6 is 0 Å². The zero-order chi connectivity index (χ0) is 21.1. The second kappa shape index (κ2) is 8.41. The third-order valence-electron chi connectivity index (χ3n) is 5.27. The minimum Gasteiger partial charge on any atom is -0.476 e. The molecule has 3 aromatic rings. The number of carbonyl (C=O) groups is 2. The standard InChI is InChI=1S/C25H24N2O3/c1-26(2)24(28)22-17-27(20-15-9-10-16-21(20)30-22)25(29)23(18-11-5-3-6-12-18)19-13-7-4-8-14-19/h3-16,22-23H,17H2,1-2H3. The quantitative estimate of drug-likeness (QED) is 0.671. The molecule has 0 fully saturated rings. The molecule has 0 aliphatic carbocycles. The van der Waals surface area contributed by atoms with E-state index in [2.05, 4.69) is 0 Å². The number of amides is 2. The van der Waals surface area contributed by atoms with E-state index in [0.29, 0.717) is 11.4 Å². The summed E-state index contributed by atoms with van der Waals surface area (Å²) in [6, 6.07) is 26.8. The molecule has 30 heavy (non-hydrogen) atoms. The molecule has 0 spiro atoms. The van der Waals surface area contributed by atoms with E-state index in [4.69, 9.17) is 4.74 Å². The first-order chi connectivity index (χ1) is 14.6. The molecule has 0 N–H and O–H groups in total. The molecule has 4 rings (SSSR count). The van der Waals surface area contributed by atoms with Crippen LogP contribution in [0.3, 0.4) is 0 Å². The Morgan fingerprint density at radius 3 is 1.97 bits per heavy atom. The van der Waals surface area contributed by atoms with Gasteiger partial charge in [0.1, 0.15) is 5.75 Å². The summed E-state index contributed by atoms with van der Waals surface area (Å²) in [5.41, 5.74) is 2.50. The Kier molecular flexibility index (Phi) is 5.53. The molecule has 1 aliphatic rings. The van der Waals surface area contributed by atoms with Crippen molar-refractivity contribution in [1.82, 2.24) is 4.90 Å². The van der Waals surface area contributed by atoms with Crippen molar-refractivity contribution in [2.24, 2.45) is 0 Å². The van der Waals surface area contributed by atoms with Crippen molar-refractivity contribution in [3.63, 3.8) is 0 Å². The van der Waals surface area contributed by atoms with E-state index in [9.17, 15) is 9.59 Å². The molecule has 0 radical (unpaired) electrons. The topological polar surface area (TPSA) is 49.9 Å². The Bertz CT molecular complexity index is 995. The van der Waals surface area contributed by atoms with Crippen LogP contribution in [0.25, 0.3) is 0 Å². The summed E-state index contributed by atoms with van der Waals surface area (Å²) < 4.78 is 5.94. The SMILES string of the molecule is CN(C)C(=O)C1CN(C(=O)C(c2ccccc2)c2ccccc2)c2ccccc2O1. The van der Waals surface area contributed by atoms with Crippen molar-refractivity contribution < 1.29 is 14.3 Å². The Morgan fingerprint density at radius 2 is 1.40 bits per heavy atom. The molecule has 5 heteroatoms. The summed E-state index contributed by atoms with van der Waals surface area (Å²) in [4.78, 5) is 29.8. The number of fused-ring (bicyclic) bond motifs is 1. The lowest BCUT2D eigenvalue weighted by atomic mass is 9.89. The van der Waals surface area contributed by atoms with Crippen LogP contribution in [0.2, 0.25) is 0 Å². The van der Waals surface area contributed by atoms with E-state index in [1.54, 1.807) is 25.1 Å². The van der Waals surface area contributed by atoms with Gasteiger partial charge in [0.15, 0.2) is 6.10 Å². The van der Waals surface area contributed by atoms with E-state index in [1.165, 1.54) is 4.90 Å². The lowest BCUT2D eigenvalue weighted by Gasteiger charge is -2.37. The van der Waals surface area contributed by atoms with Gasteiger partial charge in [-0.3, -0.25) is 9.59 Å². The molecule has 5 nitrogen and oxygen atoms in total. The first-order valence-corrected chi connectivity index (χ1v) is 9.94. The van der Waals surface area contributed by atoms with Crippen LogP contribution in [0.4, 0.5) is 5.69 Å². The summed E-state index contributed by atoms with van der Waals surface area (Å²) in [5, 5.41) is 0. The van der Waals surface area contributed by atoms with Crippen molar-refractivity contribution in [3.8, 4) is 5.75 Å². The number of nitrogens with zero attached hydrogens (tertiary/aromatic N) is 2. The van der Waals surface area contributed by atoms with Crippen LogP contribution in [-0.4, -0.2) is 43.5 Å². The highest BCUT2D eigenvalue weighted by Crippen LogP contribution is 2.37. The number of carbonyl (C=O) groups excluding carboxylic acids is 2. The van der Waals surface area contributed by atoms with Gasteiger partial charge >= 0.3 is 0 Å². The molecule has 1 heterocycles. The van der Waals surface area contributed by atoms with Crippen molar-refractivity contribution in [1.29, 1.82) is 0 Å². The maximum atomic E-state index is 13.9. The van der Waals surface area contributed by atoms with Gasteiger partial charge in [-0.1, -0.05) is 72.8 Å². The van der Waals surface area contributed by atoms with Crippen LogP contribution in [0.15, 0.2) is 84.9 Å². The summed E-state index contributed by atoms with van der Waals surface area (Å²) in [6.07, 6.45) is -0.744. The molecule has 0 bridgehead atoms. The monoisotopic (exact) mass is 400 g/mol. The smallest absolute Gasteiger partial charge is 0.265 e. The zero-order valence-electron chi connectivity index (χ0n) is 17.1. The van der Waals surface area contributed by atoms with E-state index < -0.39 is 12.0 Å². The van der Waals surface area contributed by atoms with Gasteiger partial charge in [0.2, 0.25) is 5.91 Å². The number of benzene rings is 3. The molecular weight excluding hydrogens is 376 g/mol. The van der Waals surface area contributed by atoms with Crippen molar-refractivity contribution >= 4 is 17.5 Å². The van der Waals surface area contributed by atoms with Crippen LogP contribution in [0.5, 0.6) is 5.75 Å². The molecule has 0 saturated heterocycles. The zero-order valence-corrected chi connectivity index (χ0v) is 17.1. The van der Waals surface area contributed by atoms with E-state index in [0.717, 1.165) is 11.1 Å². The summed E-state index contributed by atoms with van der Waals surface area (Å²) in [5.74, 6) is -0.191. The lowest BCUT2D eigenvalue weighted by molar-refractivity contribution is -0.136. The Hall–Kier alpha value is -3.60. The number of hydrogen-bond acceptors (Lipinski definition) is 3. The van der Waals surface area contributed by atoms with Gasteiger partial charge in [-0.05, 0) is 23.3 Å². The largest absolute Gasteiger partial charge is 0.476 e. The van der Waals surface area contributed by atoms with E-state index >= 15 is 0 Å². The highest BCUT2D eigenvalue weighted by molar-refractivity contribution is 6.02. The van der Waals surface area contributed by atoms with E-state index in [1.807, 2.05) is 78.9 Å². The van der Waals surface area contributed by atoms with Gasteiger partial charge in [-0.2, -0.15) is 0 Å². The van der Waals surface area contributed by atoms with Crippen LogP contribution in [0, 0.1) is 0 Å². The molecule has 152 valence electrons. The Morgan fingerprint density at radius 1 is 0.867 bits per heavy atom. The van der Waals surface area contributed by atoms with Gasteiger partial charge in [-0.15, -0.1) is 0 Å². The fraction of sp³-hybridized carbons (Fsp3) is 0.200. The van der Waals surface area contributed by atoms with E-state index in [-0.39, 0.29) is 18.4 Å². The average Bonchev–Trinajstić information content (AvgIpc) is 2.79. The van der Waals surface area contributed by atoms with Gasteiger partial charge in [0, 0.05) is 14.1 Å². The normalized spacial score (nSPS) is 15.3. The van der Waals surface area contributed by atoms with Crippen molar-refractivity contribution in [3.05, 3.63) is 96.1 Å². The number of rotatable bonds is 4. The fourth-order valence-electron chi connectivity index (χ4n) is 3.78. The van der Waals surface area contributed by atoms with Gasteiger partial charge in [0.25, 0.3) is 5.91 Å². The van der Waals surface area contributed by atoms with Gasteiger partial charge in [-0.25, -0.2) is 0 Å². The summed E-state index contributed by atoms with van der Waals surface area (Å²) in [6.45, 7) is 0.170. The number of likely N-dealkylation sites (N-methyl/N-ethyl adjacent to an activating group) is 1. The predicted octanol–water partition coefficient (Wildman–Crippen LogP) is 3.70. The van der Waals surface area contributed by atoms with Crippen molar-refractivity contribution in [2.75, 3.05) is 25.5 Å². The Balaban J connectivity index is 1.78. The number of para-hydroxylation sites is 2. The molecule has 1 unspecified atom stereocenters. The average molecular weight is 400 g/mol. The third-order valence-corrected chi connectivity index (χ3v) is 5.27. The molecule has 3 aromatic carbocycles. The molecule has 0 aromatic heterocycles. The minimum atomic E-state index is -0.744. The second-order valence-electron chi connectivity index (χ2n) is 7.51. The van der Waals surface area contributed by atoms with Crippen LogP contribution in [0.1, 0.15) is 17.0 Å². The number of anilines is 1. The maximum Gasteiger partial charge on any atom is 0.265 e. The first-order valence-electron chi connectivity index (χ1n) is 9.94. The minimum absolute atomic E-state index is 0.0836. The maximum absolute atomic E-state index is 13.9. The molecule has 1 atom stereocenters. The first kappa shape index (κ1) is 19.7. The van der Waals surface area contributed by atoms with Crippen LogP contribution in [-0.2, 0) is 9.59 Å². The van der Waals surface area contributed by atoms with Crippen molar-refractivity contribution in [2.45, 2.75) is 12.0 Å². The van der Waals surface area contributed by atoms with Gasteiger partial charge in [0.05, 0.1) is 18.2 Å². The number of hydrogen-bond donors (Lipinski definition) is 0. The fourth-order valence-corrected chi connectivity index (χ4v) is 3.78. The molecule has 0 saturated carbocycles. The summed E-state index contributed by atoms with van der Waals surface area (Å²) >= 11 is 0. The highest BCUT2D eigenvalue weighted by Gasteiger charge is 2.37. The second-order valence-corrected chi connectivity index (χ2v) is 7.51. The van der Waals surface area contributed by atoms with Gasteiger partial charge < -0.3 is 14.5 Å². The predicted molar refractivity (Wildman–Crippen MR) is 117 cm³/mol.